The summed E-state index contributed by atoms with van der Waals surface area (Å²) in [6.07, 6.45) is 0. The molecule has 0 radical (unpaired) electrons. The number of rotatable bonds is 3. The van der Waals surface area contributed by atoms with Gasteiger partial charge in [0.1, 0.15) is 11.4 Å². The van der Waals surface area contributed by atoms with Gasteiger partial charge in [-0.15, -0.1) is 0 Å². The van der Waals surface area contributed by atoms with Crippen molar-refractivity contribution < 1.29 is 19.6 Å². The fourth-order valence-corrected chi connectivity index (χ4v) is 1.86. The lowest BCUT2D eigenvalue weighted by Crippen LogP contribution is -2.37. The molecule has 118 valence electrons. The summed E-state index contributed by atoms with van der Waals surface area (Å²) in [6.45, 7) is 0. The van der Waals surface area contributed by atoms with Crippen LogP contribution in [0, 0.1) is 10.1 Å². The van der Waals surface area contributed by atoms with Gasteiger partial charge in [0.25, 0.3) is 5.69 Å². The van der Waals surface area contributed by atoms with Crippen LogP contribution < -0.4 is 10.2 Å². The minimum absolute atomic E-state index is 0.0268. The average molecular weight is 315 g/mol. The molecule has 2 rings (SSSR count). The number of benzene rings is 2. The molecule has 2 amide bonds. The summed E-state index contributed by atoms with van der Waals surface area (Å²) in [5.74, 6) is -1.87. The zero-order valence-corrected chi connectivity index (χ0v) is 12.1. The second-order valence-electron chi connectivity index (χ2n) is 4.61. The molecule has 0 saturated heterocycles. The number of anilines is 2. The number of amides is 2. The molecule has 0 heterocycles. The molecule has 8 nitrogen and oxygen atoms in total. The molecule has 2 aromatic rings. The van der Waals surface area contributed by atoms with E-state index in [1.54, 1.807) is 0 Å². The molecule has 0 aliphatic heterocycles. The maximum absolute atomic E-state index is 12.1. The summed E-state index contributed by atoms with van der Waals surface area (Å²) < 4.78 is 0. The van der Waals surface area contributed by atoms with Gasteiger partial charge < -0.3 is 15.3 Å². The molecule has 23 heavy (non-hydrogen) atoms. The topological polar surface area (TPSA) is 113 Å². The summed E-state index contributed by atoms with van der Waals surface area (Å²) in [5, 5.41) is 22.3. The van der Waals surface area contributed by atoms with E-state index in [1.165, 1.54) is 55.6 Å². The third kappa shape index (κ3) is 3.62. The number of aromatic hydroxyl groups is 1. The second kappa shape index (κ2) is 6.56. The Labute approximate surface area is 131 Å². The zero-order valence-electron chi connectivity index (χ0n) is 12.1. The Morgan fingerprint density at radius 2 is 1.74 bits per heavy atom. The monoisotopic (exact) mass is 315 g/mol. The van der Waals surface area contributed by atoms with Crippen LogP contribution in [0.3, 0.4) is 0 Å². The first-order valence-corrected chi connectivity index (χ1v) is 6.51. The number of carbonyl (C=O) groups excluding carboxylic acids is 2. The van der Waals surface area contributed by atoms with E-state index in [0.29, 0.717) is 5.69 Å². The SMILES string of the molecule is CN(C(=O)C(=O)Nc1ccccc1[N+](=O)[O-])c1ccc(O)cc1. The van der Waals surface area contributed by atoms with Crippen molar-refractivity contribution in [1.29, 1.82) is 0 Å². The van der Waals surface area contributed by atoms with Gasteiger partial charge in [0.05, 0.1) is 4.92 Å². The van der Waals surface area contributed by atoms with Gasteiger partial charge in [0, 0.05) is 18.8 Å². The number of para-hydroxylation sites is 2. The lowest BCUT2D eigenvalue weighted by atomic mass is 10.2. The van der Waals surface area contributed by atoms with Gasteiger partial charge in [0.2, 0.25) is 0 Å². The fraction of sp³-hybridized carbons (Fsp3) is 0.0667. The van der Waals surface area contributed by atoms with Crippen molar-refractivity contribution in [1.82, 2.24) is 0 Å². The maximum atomic E-state index is 12.1. The molecule has 0 aliphatic carbocycles. The molecule has 0 aliphatic rings. The number of nitrogens with one attached hydrogen (secondary N) is 1. The van der Waals surface area contributed by atoms with Crippen LogP contribution in [0.5, 0.6) is 5.75 Å². The summed E-state index contributed by atoms with van der Waals surface area (Å²) in [5.41, 5.74) is 0.0291. The minimum atomic E-state index is -1.00. The molecule has 0 bridgehead atoms. The Hall–Kier alpha value is -3.42. The molecule has 0 spiro atoms. The predicted octanol–water partition coefficient (Wildman–Crippen LogP) is 1.90. The highest BCUT2D eigenvalue weighted by Gasteiger charge is 2.23. The van der Waals surface area contributed by atoms with Gasteiger partial charge in [0.15, 0.2) is 0 Å². The first kappa shape index (κ1) is 16.0. The van der Waals surface area contributed by atoms with Crippen LogP contribution >= 0.6 is 0 Å². The Morgan fingerprint density at radius 3 is 2.35 bits per heavy atom. The number of hydrogen-bond donors (Lipinski definition) is 2. The van der Waals surface area contributed by atoms with E-state index in [2.05, 4.69) is 5.32 Å². The third-order valence-electron chi connectivity index (χ3n) is 3.08. The van der Waals surface area contributed by atoms with E-state index in [4.69, 9.17) is 0 Å². The van der Waals surface area contributed by atoms with Crippen molar-refractivity contribution in [2.24, 2.45) is 0 Å². The van der Waals surface area contributed by atoms with Crippen LogP contribution in [0.1, 0.15) is 0 Å². The standard InChI is InChI=1S/C15H13N3O5/c1-17(10-6-8-11(19)9-7-10)15(21)14(20)16-12-4-2-3-5-13(12)18(22)23/h2-9,19H,1H3,(H,16,20). The Balaban J connectivity index is 2.16. The summed E-state index contributed by atoms with van der Waals surface area (Å²) in [6, 6.07) is 11.2. The fourth-order valence-electron chi connectivity index (χ4n) is 1.86. The first-order valence-electron chi connectivity index (χ1n) is 6.51. The van der Waals surface area contributed by atoms with E-state index < -0.39 is 16.7 Å². The number of nitro groups is 1. The van der Waals surface area contributed by atoms with E-state index in [-0.39, 0.29) is 17.1 Å². The van der Waals surface area contributed by atoms with Crippen LogP contribution in [0.4, 0.5) is 17.1 Å². The quantitative estimate of drug-likeness (QED) is 0.510. The van der Waals surface area contributed by atoms with E-state index >= 15 is 0 Å². The summed E-state index contributed by atoms with van der Waals surface area (Å²) >= 11 is 0. The van der Waals surface area contributed by atoms with Crippen LogP contribution in [0.2, 0.25) is 0 Å². The van der Waals surface area contributed by atoms with Gasteiger partial charge >= 0.3 is 11.8 Å². The molecule has 0 unspecified atom stereocenters. The average Bonchev–Trinajstić information content (AvgIpc) is 2.54. The molecule has 0 fully saturated rings. The Morgan fingerprint density at radius 1 is 1.13 bits per heavy atom. The van der Waals surface area contributed by atoms with Gasteiger partial charge in [-0.25, -0.2) is 0 Å². The van der Waals surface area contributed by atoms with Gasteiger partial charge in [-0.1, -0.05) is 12.1 Å². The molecule has 2 aromatic carbocycles. The number of hydrogen-bond acceptors (Lipinski definition) is 5. The second-order valence-corrected chi connectivity index (χ2v) is 4.61. The Bertz CT molecular complexity index is 758. The number of phenolic OH excluding ortho intramolecular Hbond substituents is 1. The van der Waals surface area contributed by atoms with Crippen LogP contribution in [0.25, 0.3) is 0 Å². The lowest BCUT2D eigenvalue weighted by molar-refractivity contribution is -0.383. The highest BCUT2D eigenvalue weighted by Crippen LogP contribution is 2.23. The van der Waals surface area contributed by atoms with Crippen LogP contribution in [-0.4, -0.2) is 28.9 Å². The Kier molecular flexibility index (Phi) is 4.55. The van der Waals surface area contributed by atoms with Gasteiger partial charge in [-0.3, -0.25) is 19.7 Å². The molecule has 0 saturated carbocycles. The van der Waals surface area contributed by atoms with Crippen molar-refractivity contribution in [3.8, 4) is 5.75 Å². The predicted molar refractivity (Wildman–Crippen MR) is 83.2 cm³/mol. The van der Waals surface area contributed by atoms with E-state index in [0.717, 1.165) is 4.90 Å². The minimum Gasteiger partial charge on any atom is -0.508 e. The summed E-state index contributed by atoms with van der Waals surface area (Å²) in [4.78, 5) is 35.4. The van der Waals surface area contributed by atoms with Crippen molar-refractivity contribution in [3.05, 3.63) is 58.6 Å². The van der Waals surface area contributed by atoms with E-state index in [1.807, 2.05) is 0 Å². The molecule has 0 atom stereocenters. The largest absolute Gasteiger partial charge is 0.508 e. The van der Waals surface area contributed by atoms with Crippen LogP contribution in [-0.2, 0) is 9.59 Å². The van der Waals surface area contributed by atoms with Crippen molar-refractivity contribution in [2.75, 3.05) is 17.3 Å². The number of nitrogens with zero attached hydrogens (tertiary/aromatic N) is 2. The zero-order chi connectivity index (χ0) is 17.0. The highest BCUT2D eigenvalue weighted by atomic mass is 16.6. The van der Waals surface area contributed by atoms with Crippen molar-refractivity contribution >= 4 is 28.9 Å². The van der Waals surface area contributed by atoms with Crippen molar-refractivity contribution in [2.45, 2.75) is 0 Å². The number of phenols is 1. The first-order chi connectivity index (χ1) is 10.9. The van der Waals surface area contributed by atoms with E-state index in [9.17, 15) is 24.8 Å². The molecular weight excluding hydrogens is 302 g/mol. The highest BCUT2D eigenvalue weighted by molar-refractivity contribution is 6.44. The molecule has 2 N–H and O–H groups in total. The smallest absolute Gasteiger partial charge is 0.316 e. The maximum Gasteiger partial charge on any atom is 0.316 e. The lowest BCUT2D eigenvalue weighted by Gasteiger charge is -2.16. The number of nitro benzene ring substituents is 1. The number of likely N-dealkylation sites (N-methyl/N-ethyl adjacent to an activating group) is 1. The molecular formula is C15H13N3O5. The normalized spacial score (nSPS) is 9.96. The van der Waals surface area contributed by atoms with Crippen molar-refractivity contribution in [3.63, 3.8) is 0 Å². The van der Waals surface area contributed by atoms with Gasteiger partial charge in [-0.2, -0.15) is 0 Å². The van der Waals surface area contributed by atoms with Gasteiger partial charge in [-0.05, 0) is 30.3 Å². The van der Waals surface area contributed by atoms with Crippen LogP contribution in [0.15, 0.2) is 48.5 Å². The molecule has 8 heteroatoms. The number of carbonyl (C=O) groups is 2. The molecule has 0 aromatic heterocycles. The summed E-state index contributed by atoms with van der Waals surface area (Å²) in [7, 11) is 1.38. The third-order valence-corrected chi connectivity index (χ3v) is 3.08.